The maximum atomic E-state index is 12.2. The van der Waals surface area contributed by atoms with Crippen molar-refractivity contribution in [2.75, 3.05) is 6.54 Å². The van der Waals surface area contributed by atoms with Crippen LogP contribution in [0, 0.1) is 20.8 Å². The van der Waals surface area contributed by atoms with Crippen LogP contribution in [-0.2, 0) is 16.4 Å². The molecule has 5 heteroatoms. The van der Waals surface area contributed by atoms with Gasteiger partial charge in [-0.15, -0.1) is 0 Å². The molecule has 2 rings (SSSR count). The molecule has 108 valence electrons. The standard InChI is InChI=1S/C15H20N2O2S/c1-11-6-4-5-7-15(11)20(18,19)16-9-8-14-10-12(2)17-13(14)3/h4-7,10,16-17H,8-9H2,1-3H3. The molecule has 0 saturated carbocycles. The predicted octanol–water partition coefficient (Wildman–Crippen LogP) is 2.46. The van der Waals surface area contributed by atoms with Crippen LogP contribution >= 0.6 is 0 Å². The molecule has 2 N–H and O–H groups in total. The van der Waals surface area contributed by atoms with Gasteiger partial charge in [-0.2, -0.15) is 0 Å². The van der Waals surface area contributed by atoms with Gasteiger partial charge in [0, 0.05) is 17.9 Å². The molecule has 0 bridgehead atoms. The van der Waals surface area contributed by atoms with Crippen molar-refractivity contribution in [3.8, 4) is 0 Å². The molecule has 1 heterocycles. The van der Waals surface area contributed by atoms with E-state index in [9.17, 15) is 8.42 Å². The van der Waals surface area contributed by atoms with Gasteiger partial charge in [-0.1, -0.05) is 18.2 Å². The Balaban J connectivity index is 2.04. The monoisotopic (exact) mass is 292 g/mol. The molecule has 20 heavy (non-hydrogen) atoms. The molecule has 0 unspecified atom stereocenters. The van der Waals surface area contributed by atoms with Crippen molar-refractivity contribution in [3.05, 3.63) is 52.8 Å². The van der Waals surface area contributed by atoms with Crippen LogP contribution in [0.5, 0.6) is 0 Å². The highest BCUT2D eigenvalue weighted by Gasteiger charge is 2.15. The first kappa shape index (κ1) is 14.8. The molecule has 1 aromatic heterocycles. The van der Waals surface area contributed by atoms with E-state index in [4.69, 9.17) is 0 Å². The molecule has 0 aliphatic heterocycles. The number of hydrogen-bond donors (Lipinski definition) is 2. The van der Waals surface area contributed by atoms with E-state index in [0.717, 1.165) is 22.5 Å². The molecule has 0 radical (unpaired) electrons. The highest BCUT2D eigenvalue weighted by atomic mass is 32.2. The molecule has 0 fully saturated rings. The lowest BCUT2D eigenvalue weighted by Crippen LogP contribution is -2.26. The Morgan fingerprint density at radius 1 is 1.15 bits per heavy atom. The van der Waals surface area contributed by atoms with Gasteiger partial charge in [0.1, 0.15) is 0 Å². The van der Waals surface area contributed by atoms with Crippen LogP contribution < -0.4 is 4.72 Å². The number of sulfonamides is 1. The Kier molecular flexibility index (Phi) is 4.30. The Labute approximate surface area is 120 Å². The van der Waals surface area contributed by atoms with Crippen molar-refractivity contribution in [2.45, 2.75) is 32.1 Å². The normalized spacial score (nSPS) is 11.8. The van der Waals surface area contributed by atoms with Crippen LogP contribution in [0.25, 0.3) is 0 Å². The molecule has 0 aliphatic rings. The van der Waals surface area contributed by atoms with E-state index in [1.165, 1.54) is 0 Å². The summed E-state index contributed by atoms with van der Waals surface area (Å²) in [7, 11) is -3.43. The number of aromatic amines is 1. The Morgan fingerprint density at radius 3 is 2.45 bits per heavy atom. The molecule has 0 saturated heterocycles. The molecule has 0 spiro atoms. The zero-order chi connectivity index (χ0) is 14.8. The number of nitrogens with one attached hydrogen (secondary N) is 2. The summed E-state index contributed by atoms with van der Waals surface area (Å²) < 4.78 is 27.1. The summed E-state index contributed by atoms with van der Waals surface area (Å²) in [5.41, 5.74) is 4.10. The molecule has 4 nitrogen and oxygen atoms in total. The van der Waals surface area contributed by atoms with Crippen molar-refractivity contribution in [1.82, 2.24) is 9.71 Å². The van der Waals surface area contributed by atoms with Gasteiger partial charge < -0.3 is 4.98 Å². The van der Waals surface area contributed by atoms with Gasteiger partial charge in [0.2, 0.25) is 10.0 Å². The molecule has 0 atom stereocenters. The van der Waals surface area contributed by atoms with Crippen molar-refractivity contribution >= 4 is 10.0 Å². The van der Waals surface area contributed by atoms with Crippen molar-refractivity contribution in [2.24, 2.45) is 0 Å². The maximum Gasteiger partial charge on any atom is 0.240 e. The van der Waals surface area contributed by atoms with Crippen molar-refractivity contribution in [3.63, 3.8) is 0 Å². The topological polar surface area (TPSA) is 62.0 Å². The average Bonchev–Trinajstić information content (AvgIpc) is 2.68. The van der Waals surface area contributed by atoms with Gasteiger partial charge in [0.05, 0.1) is 4.90 Å². The minimum atomic E-state index is -3.43. The second kappa shape index (κ2) is 5.81. The first-order valence-corrected chi connectivity index (χ1v) is 8.09. The quantitative estimate of drug-likeness (QED) is 0.889. The zero-order valence-corrected chi connectivity index (χ0v) is 12.8. The SMILES string of the molecule is Cc1cc(CCNS(=O)(=O)c2ccccc2C)c(C)[nH]1. The Bertz CT molecular complexity index is 702. The second-order valence-electron chi connectivity index (χ2n) is 5.02. The zero-order valence-electron chi connectivity index (χ0n) is 12.0. The second-order valence-corrected chi connectivity index (χ2v) is 6.75. The fourth-order valence-electron chi connectivity index (χ4n) is 2.30. The molecule has 2 aromatic rings. The number of aromatic nitrogens is 1. The summed E-state index contributed by atoms with van der Waals surface area (Å²) in [5.74, 6) is 0. The van der Waals surface area contributed by atoms with Crippen molar-refractivity contribution in [1.29, 1.82) is 0 Å². The first-order valence-electron chi connectivity index (χ1n) is 6.60. The third-order valence-corrected chi connectivity index (χ3v) is 4.95. The smallest absolute Gasteiger partial charge is 0.240 e. The van der Waals surface area contributed by atoms with Crippen LogP contribution in [0.2, 0.25) is 0 Å². The van der Waals surface area contributed by atoms with Crippen LogP contribution in [0.1, 0.15) is 22.5 Å². The fraction of sp³-hybridized carbons (Fsp3) is 0.333. The maximum absolute atomic E-state index is 12.2. The van der Waals surface area contributed by atoms with Gasteiger partial charge in [-0.25, -0.2) is 13.1 Å². The van der Waals surface area contributed by atoms with Gasteiger partial charge in [-0.3, -0.25) is 0 Å². The minimum absolute atomic E-state index is 0.349. The predicted molar refractivity (Wildman–Crippen MR) is 80.3 cm³/mol. The lowest BCUT2D eigenvalue weighted by atomic mass is 10.2. The van der Waals surface area contributed by atoms with E-state index in [0.29, 0.717) is 17.9 Å². The summed E-state index contributed by atoms with van der Waals surface area (Å²) in [5, 5.41) is 0. The van der Waals surface area contributed by atoms with E-state index in [-0.39, 0.29) is 0 Å². The largest absolute Gasteiger partial charge is 0.362 e. The minimum Gasteiger partial charge on any atom is -0.362 e. The molecule has 0 amide bonds. The molecule has 1 aromatic carbocycles. The van der Waals surface area contributed by atoms with Gasteiger partial charge in [0.25, 0.3) is 0 Å². The van der Waals surface area contributed by atoms with Crippen molar-refractivity contribution < 1.29 is 8.42 Å². The number of rotatable bonds is 5. The van der Waals surface area contributed by atoms with E-state index in [1.54, 1.807) is 25.1 Å². The third-order valence-electron chi connectivity index (χ3n) is 3.33. The summed E-state index contributed by atoms with van der Waals surface area (Å²) in [6.45, 7) is 6.19. The summed E-state index contributed by atoms with van der Waals surface area (Å²) in [4.78, 5) is 3.57. The fourth-order valence-corrected chi connectivity index (χ4v) is 3.57. The van der Waals surface area contributed by atoms with Gasteiger partial charge in [-0.05, 0) is 50.5 Å². The lowest BCUT2D eigenvalue weighted by molar-refractivity contribution is 0.581. The average molecular weight is 292 g/mol. The van der Waals surface area contributed by atoms with Gasteiger partial charge >= 0.3 is 0 Å². The first-order chi connectivity index (χ1) is 9.40. The number of aryl methyl sites for hydroxylation is 3. The summed E-state index contributed by atoms with van der Waals surface area (Å²) >= 11 is 0. The Morgan fingerprint density at radius 2 is 1.85 bits per heavy atom. The van der Waals surface area contributed by atoms with E-state index in [1.807, 2.05) is 19.9 Å². The lowest BCUT2D eigenvalue weighted by Gasteiger charge is -2.08. The van der Waals surface area contributed by atoms with Crippen LogP contribution in [0.3, 0.4) is 0 Å². The number of hydrogen-bond acceptors (Lipinski definition) is 2. The van der Waals surface area contributed by atoms with Crippen LogP contribution in [-0.4, -0.2) is 19.9 Å². The van der Waals surface area contributed by atoms with E-state index in [2.05, 4.69) is 15.8 Å². The summed E-state index contributed by atoms with van der Waals surface area (Å²) in [6.07, 6.45) is 0.682. The summed E-state index contributed by atoms with van der Waals surface area (Å²) in [6, 6.07) is 9.05. The van der Waals surface area contributed by atoms with Gasteiger partial charge in [0.15, 0.2) is 0 Å². The van der Waals surface area contributed by atoms with E-state index >= 15 is 0 Å². The number of benzene rings is 1. The third kappa shape index (κ3) is 3.29. The molecular formula is C15H20N2O2S. The molecule has 0 aliphatic carbocycles. The van der Waals surface area contributed by atoms with Crippen LogP contribution in [0.4, 0.5) is 0 Å². The number of H-pyrrole nitrogens is 1. The van der Waals surface area contributed by atoms with E-state index < -0.39 is 10.0 Å². The molecular weight excluding hydrogens is 272 g/mol. The highest BCUT2D eigenvalue weighted by molar-refractivity contribution is 7.89. The highest BCUT2D eigenvalue weighted by Crippen LogP contribution is 2.14. The van der Waals surface area contributed by atoms with Crippen LogP contribution in [0.15, 0.2) is 35.2 Å². The Hall–Kier alpha value is -1.59.